The molecule has 0 saturated carbocycles. The van der Waals surface area contributed by atoms with E-state index in [1.54, 1.807) is 18.2 Å². The molecule has 1 atom stereocenters. The van der Waals surface area contributed by atoms with Gasteiger partial charge in [0.25, 0.3) is 0 Å². The number of hydrogen-bond acceptors (Lipinski definition) is 3. The summed E-state index contributed by atoms with van der Waals surface area (Å²) in [6, 6.07) is 5.31. The molecule has 0 bridgehead atoms. The molecule has 1 heterocycles. The van der Waals surface area contributed by atoms with Crippen LogP contribution in [-0.2, 0) is 9.59 Å². The molecule has 1 aliphatic heterocycles. The van der Waals surface area contributed by atoms with Gasteiger partial charge in [0.05, 0.1) is 11.1 Å². The van der Waals surface area contributed by atoms with Gasteiger partial charge in [0.1, 0.15) is 0 Å². The Labute approximate surface area is 113 Å². The number of benzene rings is 1. The van der Waals surface area contributed by atoms with Gasteiger partial charge in [0, 0.05) is 12.1 Å². The summed E-state index contributed by atoms with van der Waals surface area (Å²) in [4.78, 5) is 26.1. The number of carbonyl (C=O) groups excluding carboxylic acids is 2. The quantitative estimate of drug-likeness (QED) is 0.656. The van der Waals surface area contributed by atoms with Crippen LogP contribution in [0, 0.1) is 18.3 Å². The van der Waals surface area contributed by atoms with Crippen LogP contribution < -0.4 is 10.6 Å². The van der Waals surface area contributed by atoms with E-state index in [2.05, 4.69) is 0 Å². The summed E-state index contributed by atoms with van der Waals surface area (Å²) in [5.41, 5.74) is 7.22. The second-order valence-corrected chi connectivity index (χ2v) is 5.77. The molecule has 1 aromatic carbocycles. The van der Waals surface area contributed by atoms with E-state index in [0.29, 0.717) is 11.4 Å². The van der Waals surface area contributed by atoms with Crippen molar-refractivity contribution in [3.05, 3.63) is 23.8 Å². The topological polar surface area (TPSA) is 63.4 Å². The van der Waals surface area contributed by atoms with E-state index in [1.165, 1.54) is 4.90 Å². The van der Waals surface area contributed by atoms with Crippen LogP contribution in [0.5, 0.6) is 0 Å². The second kappa shape index (κ2) is 4.37. The lowest BCUT2D eigenvalue weighted by molar-refractivity contribution is -0.126. The Morgan fingerprint density at radius 2 is 1.95 bits per heavy atom. The molecule has 1 aromatic rings. The third-order valence-electron chi connectivity index (χ3n) is 4.32. The third kappa shape index (κ3) is 1.91. The molecule has 1 unspecified atom stereocenters. The molecular weight excluding hydrogens is 240 g/mol. The average molecular weight is 260 g/mol. The first-order valence-corrected chi connectivity index (χ1v) is 6.51. The normalized spacial score (nSPS) is 23.5. The zero-order chi connectivity index (χ0) is 14.4. The molecule has 0 aliphatic carbocycles. The fourth-order valence-electron chi connectivity index (χ4n) is 2.42. The lowest BCUT2D eigenvalue weighted by Gasteiger charge is -2.26. The predicted molar refractivity (Wildman–Crippen MR) is 75.6 cm³/mol. The summed E-state index contributed by atoms with van der Waals surface area (Å²) in [5.74, 6) is -0.147. The summed E-state index contributed by atoms with van der Waals surface area (Å²) < 4.78 is 0. The minimum absolute atomic E-state index is 0.121. The number of nitrogen functional groups attached to an aromatic ring is 1. The van der Waals surface area contributed by atoms with Gasteiger partial charge in [-0.15, -0.1) is 0 Å². The van der Waals surface area contributed by atoms with E-state index in [1.807, 2.05) is 27.7 Å². The standard InChI is InChI=1S/C15H20N2O2/c1-9(2)15(4)8-13(18)17(14(15)19)12-7-5-6-11(16)10(12)3/h5-7,9H,8,16H2,1-4H3. The lowest BCUT2D eigenvalue weighted by atomic mass is 9.78. The maximum atomic E-state index is 12.6. The van der Waals surface area contributed by atoms with Crippen molar-refractivity contribution < 1.29 is 9.59 Å². The highest BCUT2D eigenvalue weighted by atomic mass is 16.2. The minimum atomic E-state index is -0.617. The Balaban J connectivity index is 2.50. The van der Waals surface area contributed by atoms with Gasteiger partial charge in [-0.25, -0.2) is 4.90 Å². The minimum Gasteiger partial charge on any atom is -0.398 e. The lowest BCUT2D eigenvalue weighted by Crippen LogP contribution is -2.37. The summed E-state index contributed by atoms with van der Waals surface area (Å²) in [7, 11) is 0. The highest BCUT2D eigenvalue weighted by molar-refractivity contribution is 6.23. The maximum absolute atomic E-state index is 12.6. The van der Waals surface area contributed by atoms with Crippen molar-refractivity contribution in [2.24, 2.45) is 11.3 Å². The summed E-state index contributed by atoms with van der Waals surface area (Å²) >= 11 is 0. The van der Waals surface area contributed by atoms with Crippen molar-refractivity contribution >= 4 is 23.2 Å². The number of rotatable bonds is 2. The van der Waals surface area contributed by atoms with Crippen LogP contribution in [-0.4, -0.2) is 11.8 Å². The van der Waals surface area contributed by atoms with Gasteiger partial charge in [-0.05, 0) is 37.5 Å². The monoisotopic (exact) mass is 260 g/mol. The number of anilines is 2. The summed E-state index contributed by atoms with van der Waals surface area (Å²) in [6.07, 6.45) is 0.262. The third-order valence-corrected chi connectivity index (χ3v) is 4.32. The van der Waals surface area contributed by atoms with Crippen molar-refractivity contribution in [2.75, 3.05) is 10.6 Å². The smallest absolute Gasteiger partial charge is 0.240 e. The molecule has 0 radical (unpaired) electrons. The highest BCUT2D eigenvalue weighted by Gasteiger charge is 2.50. The number of amides is 2. The van der Waals surface area contributed by atoms with E-state index in [9.17, 15) is 9.59 Å². The molecule has 0 spiro atoms. The molecule has 1 fully saturated rings. The van der Waals surface area contributed by atoms with Gasteiger partial charge in [0.15, 0.2) is 0 Å². The fraction of sp³-hybridized carbons (Fsp3) is 0.467. The van der Waals surface area contributed by atoms with Gasteiger partial charge < -0.3 is 5.73 Å². The summed E-state index contributed by atoms with van der Waals surface area (Å²) in [6.45, 7) is 7.64. The van der Waals surface area contributed by atoms with Gasteiger partial charge in [-0.1, -0.05) is 19.9 Å². The number of nitrogens with two attached hydrogens (primary N) is 1. The molecular formula is C15H20N2O2. The Morgan fingerprint density at radius 3 is 2.47 bits per heavy atom. The number of carbonyl (C=O) groups is 2. The molecule has 19 heavy (non-hydrogen) atoms. The van der Waals surface area contributed by atoms with Crippen LogP contribution in [0.15, 0.2) is 18.2 Å². The Hall–Kier alpha value is -1.84. The molecule has 2 N–H and O–H groups in total. The molecule has 102 valence electrons. The molecule has 2 rings (SSSR count). The molecule has 4 heteroatoms. The van der Waals surface area contributed by atoms with Crippen molar-refractivity contribution in [3.63, 3.8) is 0 Å². The van der Waals surface area contributed by atoms with Crippen molar-refractivity contribution in [1.82, 2.24) is 0 Å². The van der Waals surface area contributed by atoms with Crippen molar-refractivity contribution in [1.29, 1.82) is 0 Å². The predicted octanol–water partition coefficient (Wildman–Crippen LogP) is 2.50. The first-order valence-electron chi connectivity index (χ1n) is 6.51. The van der Waals surface area contributed by atoms with Gasteiger partial charge in [-0.2, -0.15) is 0 Å². The van der Waals surface area contributed by atoms with Crippen LogP contribution in [0.2, 0.25) is 0 Å². The van der Waals surface area contributed by atoms with Crippen molar-refractivity contribution in [3.8, 4) is 0 Å². The number of nitrogens with zero attached hydrogens (tertiary/aromatic N) is 1. The Bertz CT molecular complexity index is 551. The fourth-order valence-corrected chi connectivity index (χ4v) is 2.42. The molecule has 0 aromatic heterocycles. The van der Waals surface area contributed by atoms with E-state index in [-0.39, 0.29) is 24.2 Å². The first kappa shape index (κ1) is 13.6. The first-order chi connectivity index (χ1) is 8.79. The zero-order valence-electron chi connectivity index (χ0n) is 11.9. The average Bonchev–Trinajstić information content (AvgIpc) is 2.56. The van der Waals surface area contributed by atoms with Crippen molar-refractivity contribution in [2.45, 2.75) is 34.1 Å². The second-order valence-electron chi connectivity index (χ2n) is 5.77. The molecule has 4 nitrogen and oxygen atoms in total. The number of imide groups is 1. The van der Waals surface area contributed by atoms with E-state index in [4.69, 9.17) is 5.73 Å². The van der Waals surface area contributed by atoms with Crippen LogP contribution >= 0.6 is 0 Å². The van der Waals surface area contributed by atoms with Gasteiger partial charge in [0.2, 0.25) is 11.8 Å². The highest BCUT2D eigenvalue weighted by Crippen LogP contribution is 2.42. The van der Waals surface area contributed by atoms with Gasteiger partial charge >= 0.3 is 0 Å². The Kier molecular flexibility index (Phi) is 3.12. The van der Waals surface area contributed by atoms with E-state index in [0.717, 1.165) is 5.56 Å². The van der Waals surface area contributed by atoms with E-state index >= 15 is 0 Å². The SMILES string of the molecule is Cc1c(N)cccc1N1C(=O)CC(C)(C(C)C)C1=O. The van der Waals surface area contributed by atoms with Gasteiger partial charge in [-0.3, -0.25) is 9.59 Å². The van der Waals surface area contributed by atoms with Crippen LogP contribution in [0.25, 0.3) is 0 Å². The van der Waals surface area contributed by atoms with E-state index < -0.39 is 5.41 Å². The molecule has 1 aliphatic rings. The van der Waals surface area contributed by atoms with Crippen LogP contribution in [0.3, 0.4) is 0 Å². The molecule has 2 amide bonds. The zero-order valence-corrected chi connectivity index (χ0v) is 11.9. The number of hydrogen-bond donors (Lipinski definition) is 1. The maximum Gasteiger partial charge on any atom is 0.240 e. The largest absolute Gasteiger partial charge is 0.398 e. The summed E-state index contributed by atoms with van der Waals surface area (Å²) in [5, 5.41) is 0. The van der Waals surface area contributed by atoms with Crippen LogP contribution in [0.1, 0.15) is 32.8 Å². The Morgan fingerprint density at radius 1 is 1.32 bits per heavy atom. The molecule has 1 saturated heterocycles. The van der Waals surface area contributed by atoms with Crippen LogP contribution in [0.4, 0.5) is 11.4 Å².